The van der Waals surface area contributed by atoms with Crippen molar-refractivity contribution in [2.24, 2.45) is 0 Å². The minimum absolute atomic E-state index is 0.487. The zero-order chi connectivity index (χ0) is 34.2. The van der Waals surface area contributed by atoms with Gasteiger partial charge in [-0.15, -0.1) is 0 Å². The van der Waals surface area contributed by atoms with Crippen molar-refractivity contribution in [3.63, 3.8) is 0 Å². The zero-order valence-corrected chi connectivity index (χ0v) is 27.9. The minimum Gasteiger partial charge on any atom is -0.492 e. The summed E-state index contributed by atoms with van der Waals surface area (Å²) in [6.45, 7) is 9.67. The van der Waals surface area contributed by atoms with Gasteiger partial charge in [0.2, 0.25) is 0 Å². The fraction of sp³-hybridized carbons (Fsp3) is 0.211. The van der Waals surface area contributed by atoms with Gasteiger partial charge in [-0.25, -0.2) is 0 Å². The second-order valence-corrected chi connectivity index (χ2v) is 10.8. The summed E-state index contributed by atoms with van der Waals surface area (Å²) in [5.74, 6) is 2.41. The first-order valence-corrected chi connectivity index (χ1v) is 16.1. The lowest BCUT2D eigenvalue weighted by Crippen LogP contribution is -2.13. The Hall–Kier alpha value is -5.90. The highest BCUT2D eigenvalue weighted by Crippen LogP contribution is 2.44. The average molecular weight is 649 g/mol. The van der Waals surface area contributed by atoms with Crippen molar-refractivity contribution in [1.29, 1.82) is 0 Å². The monoisotopic (exact) mass is 648 g/mol. The smallest absolute Gasteiger partial charge is 0.144 e. The molecular formula is C38H44N6O4. The average Bonchev–Trinajstić information content (AvgIpc) is 3.08. The summed E-state index contributed by atoms with van der Waals surface area (Å²) in [7, 11) is 0. The van der Waals surface area contributed by atoms with Crippen LogP contribution in [0, 0.1) is 0 Å². The van der Waals surface area contributed by atoms with E-state index in [1.807, 2.05) is 100 Å². The van der Waals surface area contributed by atoms with Gasteiger partial charge in [0.1, 0.15) is 23.0 Å². The number of nitrogens with zero attached hydrogens (tertiary/aromatic N) is 2. The van der Waals surface area contributed by atoms with Gasteiger partial charge < -0.3 is 51.7 Å². The Labute approximate surface area is 282 Å². The van der Waals surface area contributed by atoms with Crippen molar-refractivity contribution in [2.75, 3.05) is 59.2 Å². The first-order valence-electron chi connectivity index (χ1n) is 16.1. The third-order valence-electron chi connectivity index (χ3n) is 7.59. The van der Waals surface area contributed by atoms with Gasteiger partial charge in [-0.1, -0.05) is 0 Å². The molecule has 0 saturated heterocycles. The molecule has 0 amide bonds. The normalized spacial score (nSPS) is 10.8. The Morgan fingerprint density at radius 3 is 0.771 bits per heavy atom. The molecule has 0 spiro atoms. The van der Waals surface area contributed by atoms with Crippen molar-refractivity contribution in [1.82, 2.24) is 0 Å². The van der Waals surface area contributed by atoms with Crippen LogP contribution in [0.1, 0.15) is 27.7 Å². The highest BCUT2D eigenvalue weighted by Gasteiger charge is 2.20. The second kappa shape index (κ2) is 15.1. The maximum absolute atomic E-state index is 6.26. The van der Waals surface area contributed by atoms with Crippen LogP contribution in [0.4, 0.5) is 56.9 Å². The molecule has 0 radical (unpaired) electrons. The fourth-order valence-corrected chi connectivity index (χ4v) is 5.42. The molecule has 0 unspecified atom stereocenters. The van der Waals surface area contributed by atoms with Gasteiger partial charge in [-0.2, -0.15) is 0 Å². The molecule has 8 N–H and O–H groups in total. The summed E-state index contributed by atoms with van der Waals surface area (Å²) >= 11 is 0. The molecule has 0 heterocycles. The van der Waals surface area contributed by atoms with Crippen LogP contribution in [0.25, 0.3) is 0 Å². The summed E-state index contributed by atoms with van der Waals surface area (Å²) in [6.07, 6.45) is 0. The lowest BCUT2D eigenvalue weighted by atomic mass is 10.1. The number of ether oxygens (including phenoxy) is 4. The predicted molar refractivity (Wildman–Crippen MR) is 198 cm³/mol. The minimum atomic E-state index is 0.487. The quantitative estimate of drug-likeness (QED) is 0.0863. The first-order chi connectivity index (χ1) is 23.3. The molecule has 0 fully saturated rings. The Bertz CT molecular complexity index is 1600. The predicted octanol–water partition coefficient (Wildman–Crippen LogP) is 8.55. The van der Waals surface area contributed by atoms with E-state index < -0.39 is 0 Å². The van der Waals surface area contributed by atoms with Crippen LogP contribution in [-0.2, 0) is 0 Å². The first kappa shape index (κ1) is 33.5. The molecule has 0 atom stereocenters. The molecule has 0 saturated carbocycles. The van der Waals surface area contributed by atoms with Crippen molar-refractivity contribution >= 4 is 56.9 Å². The molecule has 5 rings (SSSR count). The third kappa shape index (κ3) is 7.23. The fourth-order valence-electron chi connectivity index (χ4n) is 5.42. The van der Waals surface area contributed by atoms with E-state index in [1.54, 1.807) is 0 Å². The summed E-state index contributed by atoms with van der Waals surface area (Å²) in [5, 5.41) is 0. The highest BCUT2D eigenvalue weighted by molar-refractivity contribution is 5.84. The SMILES string of the molecule is CCOc1cc(N(c2ccc(N(c3ccc(N)c(OCC)c3)c3ccc(N)c(OCC)c3)cc2)c2ccc(N)c(OCC)c2)ccc1N. The maximum atomic E-state index is 6.26. The molecule has 5 aromatic carbocycles. The molecule has 0 aliphatic carbocycles. The van der Waals surface area contributed by atoms with E-state index >= 15 is 0 Å². The standard InChI is InChI=1S/C38H44N6O4/c1-5-45-35-21-27(13-17-31(35)39)43(28-14-18-32(40)36(22-28)46-6-2)25-9-11-26(12-10-25)44(29-15-19-33(41)37(23-29)47-7-3)30-16-20-34(42)38(24-30)48-8-4/h9-24H,5-8,39-42H2,1-4H3. The molecule has 0 aromatic heterocycles. The van der Waals surface area contributed by atoms with Crippen LogP contribution >= 0.6 is 0 Å². The third-order valence-corrected chi connectivity index (χ3v) is 7.59. The van der Waals surface area contributed by atoms with Crippen molar-refractivity contribution in [2.45, 2.75) is 27.7 Å². The number of hydrogen-bond donors (Lipinski definition) is 4. The molecular weight excluding hydrogens is 604 g/mol. The van der Waals surface area contributed by atoms with Crippen LogP contribution in [-0.4, -0.2) is 26.4 Å². The Morgan fingerprint density at radius 1 is 0.354 bits per heavy atom. The van der Waals surface area contributed by atoms with Gasteiger partial charge in [-0.05, 0) is 100 Å². The maximum Gasteiger partial charge on any atom is 0.144 e. The molecule has 5 aromatic rings. The lowest BCUT2D eigenvalue weighted by Gasteiger charge is -2.29. The van der Waals surface area contributed by atoms with Gasteiger partial charge >= 0.3 is 0 Å². The summed E-state index contributed by atoms with van der Waals surface area (Å²) in [6, 6.07) is 31.2. The second-order valence-electron chi connectivity index (χ2n) is 10.8. The number of hydrogen-bond acceptors (Lipinski definition) is 10. The summed E-state index contributed by atoms with van der Waals surface area (Å²) < 4.78 is 23.4. The van der Waals surface area contributed by atoms with Crippen LogP contribution < -0.4 is 51.7 Å². The summed E-state index contributed by atoms with van der Waals surface area (Å²) in [5.41, 5.74) is 32.4. The number of nitrogen functional groups attached to an aromatic ring is 4. The highest BCUT2D eigenvalue weighted by atomic mass is 16.5. The molecule has 0 bridgehead atoms. The van der Waals surface area contributed by atoms with Gasteiger partial charge in [-0.3, -0.25) is 0 Å². The van der Waals surface area contributed by atoms with Gasteiger partial charge in [0.15, 0.2) is 0 Å². The van der Waals surface area contributed by atoms with Gasteiger partial charge in [0.05, 0.1) is 49.2 Å². The number of benzene rings is 5. The molecule has 10 nitrogen and oxygen atoms in total. The molecule has 48 heavy (non-hydrogen) atoms. The van der Waals surface area contributed by atoms with Gasteiger partial charge in [0, 0.05) is 58.4 Å². The molecule has 0 aliphatic heterocycles. The molecule has 10 heteroatoms. The Kier molecular flexibility index (Phi) is 10.5. The largest absolute Gasteiger partial charge is 0.492 e. The van der Waals surface area contributed by atoms with E-state index in [4.69, 9.17) is 41.9 Å². The Morgan fingerprint density at radius 2 is 0.562 bits per heavy atom. The lowest BCUT2D eigenvalue weighted by molar-refractivity contribution is 0.342. The number of nitrogens with two attached hydrogens (primary N) is 4. The number of rotatable bonds is 14. The van der Waals surface area contributed by atoms with Crippen molar-refractivity contribution in [3.05, 3.63) is 97.1 Å². The van der Waals surface area contributed by atoms with Crippen LogP contribution in [0.2, 0.25) is 0 Å². The van der Waals surface area contributed by atoms with E-state index in [2.05, 4.69) is 34.1 Å². The molecule has 250 valence electrons. The van der Waals surface area contributed by atoms with E-state index in [9.17, 15) is 0 Å². The Balaban J connectivity index is 1.65. The van der Waals surface area contributed by atoms with E-state index in [0.717, 1.165) is 34.1 Å². The topological polar surface area (TPSA) is 147 Å². The van der Waals surface area contributed by atoms with Crippen molar-refractivity contribution < 1.29 is 18.9 Å². The molecule has 0 aliphatic rings. The van der Waals surface area contributed by atoms with E-state index in [-0.39, 0.29) is 0 Å². The van der Waals surface area contributed by atoms with Crippen molar-refractivity contribution in [3.8, 4) is 23.0 Å². The van der Waals surface area contributed by atoms with Crippen LogP contribution in [0.15, 0.2) is 97.1 Å². The van der Waals surface area contributed by atoms with Crippen LogP contribution in [0.5, 0.6) is 23.0 Å². The van der Waals surface area contributed by atoms with E-state index in [0.29, 0.717) is 72.2 Å². The zero-order valence-electron chi connectivity index (χ0n) is 27.9. The summed E-state index contributed by atoms with van der Waals surface area (Å²) in [4.78, 5) is 4.20. The van der Waals surface area contributed by atoms with Crippen LogP contribution in [0.3, 0.4) is 0 Å². The van der Waals surface area contributed by atoms with E-state index in [1.165, 1.54) is 0 Å². The number of anilines is 10. The van der Waals surface area contributed by atoms with Gasteiger partial charge in [0.25, 0.3) is 0 Å².